The van der Waals surface area contributed by atoms with Crippen molar-refractivity contribution in [1.82, 2.24) is 5.43 Å². The average molecular weight is 407 g/mol. The lowest BCUT2D eigenvalue weighted by Gasteiger charge is -2.07. The number of rotatable bonds is 6. The second-order valence-corrected chi connectivity index (χ2v) is 7.32. The predicted octanol–water partition coefficient (Wildman–Crippen LogP) is 4.16. The highest BCUT2D eigenvalue weighted by atomic mass is 79.9. The van der Waals surface area contributed by atoms with E-state index in [-0.39, 0.29) is 5.91 Å². The number of hydrogen-bond acceptors (Lipinski definition) is 4. The smallest absolute Gasteiger partial charge is 0.250 e. The van der Waals surface area contributed by atoms with Gasteiger partial charge in [-0.05, 0) is 48.2 Å². The fourth-order valence-electron chi connectivity index (χ4n) is 2.15. The van der Waals surface area contributed by atoms with Gasteiger partial charge in [-0.3, -0.25) is 4.79 Å². The zero-order valence-corrected chi connectivity index (χ0v) is 15.9. The molecule has 0 aliphatic carbocycles. The van der Waals surface area contributed by atoms with Gasteiger partial charge in [-0.1, -0.05) is 40.2 Å². The SMILES string of the molecule is Cc1cc(CSCC(=O)NN=Cc2ccc(Br)cc2)cc(C)c1O. The lowest BCUT2D eigenvalue weighted by molar-refractivity contribution is -0.118. The molecule has 24 heavy (non-hydrogen) atoms. The number of phenolic OH excluding ortho intramolecular Hbond substituents is 1. The van der Waals surface area contributed by atoms with Gasteiger partial charge in [0.1, 0.15) is 5.75 Å². The van der Waals surface area contributed by atoms with Crippen LogP contribution in [0.25, 0.3) is 0 Å². The van der Waals surface area contributed by atoms with Crippen molar-refractivity contribution in [2.75, 3.05) is 5.75 Å². The molecule has 0 fully saturated rings. The molecule has 4 nitrogen and oxygen atoms in total. The van der Waals surface area contributed by atoms with Crippen molar-refractivity contribution in [2.24, 2.45) is 5.10 Å². The number of thioether (sulfide) groups is 1. The minimum absolute atomic E-state index is 0.138. The summed E-state index contributed by atoms with van der Waals surface area (Å²) in [4.78, 5) is 11.8. The molecule has 0 radical (unpaired) electrons. The fraction of sp³-hybridized carbons (Fsp3) is 0.222. The number of nitrogens with one attached hydrogen (secondary N) is 1. The maximum atomic E-state index is 11.8. The minimum Gasteiger partial charge on any atom is -0.507 e. The molecule has 0 saturated carbocycles. The largest absolute Gasteiger partial charge is 0.507 e. The predicted molar refractivity (Wildman–Crippen MR) is 104 cm³/mol. The molecule has 2 aromatic rings. The van der Waals surface area contributed by atoms with E-state index in [0.717, 1.165) is 26.7 Å². The molecule has 126 valence electrons. The molecule has 0 unspecified atom stereocenters. The molecule has 0 spiro atoms. The van der Waals surface area contributed by atoms with Crippen LogP contribution in [0.2, 0.25) is 0 Å². The zero-order valence-electron chi connectivity index (χ0n) is 13.5. The molecule has 2 N–H and O–H groups in total. The maximum Gasteiger partial charge on any atom is 0.250 e. The van der Waals surface area contributed by atoms with Gasteiger partial charge in [0.15, 0.2) is 0 Å². The maximum absolute atomic E-state index is 11.8. The Balaban J connectivity index is 1.76. The molecule has 0 aliphatic heterocycles. The third kappa shape index (κ3) is 5.69. The summed E-state index contributed by atoms with van der Waals surface area (Å²) >= 11 is 4.88. The van der Waals surface area contributed by atoms with E-state index in [2.05, 4.69) is 26.5 Å². The van der Waals surface area contributed by atoms with Crippen molar-refractivity contribution < 1.29 is 9.90 Å². The van der Waals surface area contributed by atoms with Crippen molar-refractivity contribution in [3.05, 3.63) is 63.1 Å². The van der Waals surface area contributed by atoms with E-state index < -0.39 is 0 Å². The standard InChI is InChI=1S/C18H19BrN2O2S/c1-12-7-15(8-13(2)18(12)23)10-24-11-17(22)21-20-9-14-3-5-16(19)6-4-14/h3-9,23H,10-11H2,1-2H3,(H,21,22). The number of benzene rings is 2. The first-order valence-electron chi connectivity index (χ1n) is 7.40. The Morgan fingerprint density at radius 1 is 1.25 bits per heavy atom. The summed E-state index contributed by atoms with van der Waals surface area (Å²) in [6, 6.07) is 11.5. The van der Waals surface area contributed by atoms with Crippen molar-refractivity contribution in [2.45, 2.75) is 19.6 Å². The summed E-state index contributed by atoms with van der Waals surface area (Å²) in [5.74, 6) is 1.24. The Morgan fingerprint density at radius 2 is 1.88 bits per heavy atom. The number of aromatic hydroxyl groups is 1. The van der Waals surface area contributed by atoms with E-state index >= 15 is 0 Å². The van der Waals surface area contributed by atoms with Gasteiger partial charge in [-0.2, -0.15) is 5.10 Å². The van der Waals surface area contributed by atoms with Gasteiger partial charge in [-0.15, -0.1) is 11.8 Å². The van der Waals surface area contributed by atoms with Crippen LogP contribution in [0, 0.1) is 13.8 Å². The molecule has 0 aliphatic rings. The molecule has 2 aromatic carbocycles. The quantitative estimate of drug-likeness (QED) is 0.559. The number of nitrogens with zero attached hydrogens (tertiary/aromatic N) is 1. The van der Waals surface area contributed by atoms with Gasteiger partial charge in [-0.25, -0.2) is 5.43 Å². The fourth-order valence-corrected chi connectivity index (χ4v) is 3.17. The third-order valence-electron chi connectivity index (χ3n) is 3.33. The lowest BCUT2D eigenvalue weighted by atomic mass is 10.1. The van der Waals surface area contributed by atoms with Gasteiger partial charge in [0.2, 0.25) is 5.91 Å². The van der Waals surface area contributed by atoms with Crippen LogP contribution in [-0.4, -0.2) is 23.0 Å². The average Bonchev–Trinajstić information content (AvgIpc) is 2.54. The molecular formula is C18H19BrN2O2S. The van der Waals surface area contributed by atoms with Crippen LogP contribution in [-0.2, 0) is 10.5 Å². The molecular weight excluding hydrogens is 388 g/mol. The van der Waals surface area contributed by atoms with Crippen LogP contribution >= 0.6 is 27.7 Å². The summed E-state index contributed by atoms with van der Waals surface area (Å²) in [5.41, 5.74) is 6.25. The third-order valence-corrected chi connectivity index (χ3v) is 4.86. The zero-order chi connectivity index (χ0) is 17.5. The Hall–Kier alpha value is -1.79. The molecule has 0 aromatic heterocycles. The van der Waals surface area contributed by atoms with Crippen LogP contribution in [0.1, 0.15) is 22.3 Å². The summed E-state index contributed by atoms with van der Waals surface area (Å²) < 4.78 is 1.000. The molecule has 2 rings (SSSR count). The molecule has 0 atom stereocenters. The van der Waals surface area contributed by atoms with Crippen molar-refractivity contribution >= 4 is 39.8 Å². The van der Waals surface area contributed by atoms with E-state index in [4.69, 9.17) is 0 Å². The Labute approximate surface area is 154 Å². The van der Waals surface area contributed by atoms with Gasteiger partial charge in [0.05, 0.1) is 12.0 Å². The first-order chi connectivity index (χ1) is 11.5. The van der Waals surface area contributed by atoms with Gasteiger partial charge < -0.3 is 5.11 Å². The van der Waals surface area contributed by atoms with Crippen LogP contribution in [0.5, 0.6) is 5.75 Å². The van der Waals surface area contributed by atoms with Crippen LogP contribution in [0.3, 0.4) is 0 Å². The highest BCUT2D eigenvalue weighted by Crippen LogP contribution is 2.25. The van der Waals surface area contributed by atoms with Crippen molar-refractivity contribution in [3.8, 4) is 5.75 Å². The summed E-state index contributed by atoms with van der Waals surface area (Å²) in [5, 5.41) is 13.7. The summed E-state index contributed by atoms with van der Waals surface area (Å²) in [7, 11) is 0. The number of hydrazone groups is 1. The topological polar surface area (TPSA) is 61.7 Å². The molecule has 1 amide bonds. The number of carbonyl (C=O) groups is 1. The molecule has 0 bridgehead atoms. The highest BCUT2D eigenvalue weighted by Gasteiger charge is 2.05. The Kier molecular flexibility index (Phi) is 6.87. The Morgan fingerprint density at radius 3 is 2.50 bits per heavy atom. The normalized spacial score (nSPS) is 11.0. The monoisotopic (exact) mass is 406 g/mol. The highest BCUT2D eigenvalue weighted by molar-refractivity contribution is 9.10. The number of halogens is 1. The van der Waals surface area contributed by atoms with Crippen molar-refractivity contribution in [3.63, 3.8) is 0 Å². The first kappa shape index (κ1) is 18.5. The Bertz CT molecular complexity index is 722. The van der Waals surface area contributed by atoms with Gasteiger partial charge in [0.25, 0.3) is 0 Å². The van der Waals surface area contributed by atoms with Crippen LogP contribution in [0.4, 0.5) is 0 Å². The minimum atomic E-state index is -0.138. The molecule has 6 heteroatoms. The number of hydrogen-bond donors (Lipinski definition) is 2. The van der Waals surface area contributed by atoms with E-state index in [0.29, 0.717) is 17.3 Å². The van der Waals surface area contributed by atoms with Gasteiger partial charge in [0, 0.05) is 10.2 Å². The molecule has 0 heterocycles. The number of aryl methyl sites for hydroxylation is 2. The van der Waals surface area contributed by atoms with Crippen LogP contribution < -0.4 is 5.43 Å². The lowest BCUT2D eigenvalue weighted by Crippen LogP contribution is -2.19. The molecule has 0 saturated heterocycles. The number of carbonyl (C=O) groups excluding carboxylic acids is 1. The summed E-state index contributed by atoms with van der Waals surface area (Å²) in [6.07, 6.45) is 1.61. The summed E-state index contributed by atoms with van der Waals surface area (Å²) in [6.45, 7) is 3.75. The second kappa shape index (κ2) is 8.89. The van der Waals surface area contributed by atoms with E-state index in [1.54, 1.807) is 6.21 Å². The first-order valence-corrected chi connectivity index (χ1v) is 9.35. The van der Waals surface area contributed by atoms with Gasteiger partial charge >= 0.3 is 0 Å². The second-order valence-electron chi connectivity index (χ2n) is 5.42. The van der Waals surface area contributed by atoms with Crippen LogP contribution in [0.15, 0.2) is 46.0 Å². The number of amides is 1. The van der Waals surface area contributed by atoms with E-state index in [1.807, 2.05) is 50.2 Å². The van der Waals surface area contributed by atoms with Crippen molar-refractivity contribution in [1.29, 1.82) is 0 Å². The number of phenols is 1. The van der Waals surface area contributed by atoms with E-state index in [1.165, 1.54) is 11.8 Å². The van der Waals surface area contributed by atoms with E-state index in [9.17, 15) is 9.90 Å².